The first-order valence-corrected chi connectivity index (χ1v) is 5.26. The Hall–Kier alpha value is -2.56. The van der Waals surface area contributed by atoms with Crippen molar-refractivity contribution in [3.05, 3.63) is 42.0 Å². The molecule has 5 nitrogen and oxygen atoms in total. The van der Waals surface area contributed by atoms with Crippen molar-refractivity contribution in [1.82, 2.24) is 4.98 Å². The Balaban J connectivity index is 2.36. The van der Waals surface area contributed by atoms with Crippen LogP contribution in [0.5, 0.6) is 5.75 Å². The van der Waals surface area contributed by atoms with Crippen molar-refractivity contribution in [3.8, 4) is 17.0 Å². The van der Waals surface area contributed by atoms with Crippen LogP contribution >= 0.6 is 0 Å². The summed E-state index contributed by atoms with van der Waals surface area (Å²) < 4.78 is 5.02. The zero-order valence-electron chi connectivity index (χ0n) is 9.75. The third-order valence-corrected chi connectivity index (χ3v) is 2.53. The summed E-state index contributed by atoms with van der Waals surface area (Å²) in [7, 11) is 1.52. The van der Waals surface area contributed by atoms with Crippen molar-refractivity contribution in [2.75, 3.05) is 12.8 Å². The largest absolute Gasteiger partial charge is 0.493 e. The monoisotopic (exact) mass is 244 g/mol. The molecule has 0 aliphatic heterocycles. The van der Waals surface area contributed by atoms with Gasteiger partial charge in [0, 0.05) is 5.56 Å². The van der Waals surface area contributed by atoms with Gasteiger partial charge in [-0.1, -0.05) is 12.1 Å². The molecule has 0 saturated heterocycles. The maximum absolute atomic E-state index is 10.7. The molecule has 0 atom stereocenters. The molecule has 0 fully saturated rings. The maximum atomic E-state index is 10.7. The van der Waals surface area contributed by atoms with Gasteiger partial charge in [0.2, 0.25) is 0 Å². The molecular formula is C13H12N2O3. The van der Waals surface area contributed by atoms with E-state index in [9.17, 15) is 4.79 Å². The topological polar surface area (TPSA) is 85.4 Å². The van der Waals surface area contributed by atoms with E-state index in [-0.39, 0.29) is 5.56 Å². The minimum atomic E-state index is -0.955. The van der Waals surface area contributed by atoms with E-state index in [0.29, 0.717) is 17.3 Å². The minimum Gasteiger partial charge on any atom is -0.493 e. The number of hydrogen-bond donors (Lipinski definition) is 2. The Morgan fingerprint density at radius 1 is 1.22 bits per heavy atom. The summed E-state index contributed by atoms with van der Waals surface area (Å²) in [5.74, 6) is -0.137. The van der Waals surface area contributed by atoms with E-state index >= 15 is 0 Å². The number of nitrogens with two attached hydrogens (primary N) is 1. The van der Waals surface area contributed by atoms with Crippen LogP contribution in [0, 0.1) is 0 Å². The van der Waals surface area contributed by atoms with Crippen molar-refractivity contribution >= 4 is 11.8 Å². The summed E-state index contributed by atoms with van der Waals surface area (Å²) in [6, 6.07) is 9.93. The van der Waals surface area contributed by atoms with Gasteiger partial charge in [0.05, 0.1) is 18.4 Å². The fourth-order valence-corrected chi connectivity index (χ4v) is 1.58. The van der Waals surface area contributed by atoms with E-state index in [1.807, 2.05) is 0 Å². The van der Waals surface area contributed by atoms with Gasteiger partial charge in [0.1, 0.15) is 0 Å². The molecule has 1 aromatic carbocycles. The molecule has 1 aromatic heterocycles. The average molecular weight is 244 g/mol. The number of pyridine rings is 1. The van der Waals surface area contributed by atoms with Gasteiger partial charge < -0.3 is 15.6 Å². The van der Waals surface area contributed by atoms with Crippen LogP contribution < -0.4 is 10.5 Å². The second kappa shape index (κ2) is 4.75. The van der Waals surface area contributed by atoms with Crippen LogP contribution in [0.4, 0.5) is 5.82 Å². The molecule has 0 spiro atoms. The van der Waals surface area contributed by atoms with Crippen LogP contribution in [0.2, 0.25) is 0 Å². The first kappa shape index (κ1) is 11.9. The predicted octanol–water partition coefficient (Wildman–Crippen LogP) is 2.04. The number of carboxylic acid groups (broad SMARTS) is 1. The third kappa shape index (κ3) is 2.24. The second-order valence-corrected chi connectivity index (χ2v) is 3.67. The number of methoxy groups -OCH3 is 1. The third-order valence-electron chi connectivity index (χ3n) is 2.53. The van der Waals surface area contributed by atoms with Crippen molar-refractivity contribution in [3.63, 3.8) is 0 Å². The highest BCUT2D eigenvalue weighted by Crippen LogP contribution is 2.24. The summed E-state index contributed by atoms with van der Waals surface area (Å²) in [6.07, 6.45) is 0. The summed E-state index contributed by atoms with van der Waals surface area (Å²) >= 11 is 0. The minimum absolute atomic E-state index is 0.236. The van der Waals surface area contributed by atoms with E-state index in [1.54, 1.807) is 24.3 Å². The van der Waals surface area contributed by atoms with Gasteiger partial charge in [-0.2, -0.15) is 0 Å². The summed E-state index contributed by atoms with van der Waals surface area (Å²) in [4.78, 5) is 14.9. The van der Waals surface area contributed by atoms with Gasteiger partial charge in [-0.05, 0) is 24.3 Å². The molecule has 0 aliphatic rings. The smallest absolute Gasteiger partial charge is 0.335 e. The van der Waals surface area contributed by atoms with Crippen LogP contribution in [0.15, 0.2) is 36.4 Å². The Labute approximate surface area is 104 Å². The highest BCUT2D eigenvalue weighted by atomic mass is 16.5. The molecule has 18 heavy (non-hydrogen) atoms. The lowest BCUT2D eigenvalue weighted by Crippen LogP contribution is -1.98. The fourth-order valence-electron chi connectivity index (χ4n) is 1.58. The molecule has 1 heterocycles. The molecule has 0 amide bonds. The lowest BCUT2D eigenvalue weighted by molar-refractivity contribution is 0.0697. The maximum Gasteiger partial charge on any atom is 0.335 e. The van der Waals surface area contributed by atoms with Crippen LogP contribution in [-0.4, -0.2) is 23.2 Å². The quantitative estimate of drug-likeness (QED) is 0.862. The summed E-state index contributed by atoms with van der Waals surface area (Å²) in [5.41, 5.74) is 7.43. The molecule has 92 valence electrons. The molecule has 2 aromatic rings. The van der Waals surface area contributed by atoms with Gasteiger partial charge in [-0.3, -0.25) is 0 Å². The van der Waals surface area contributed by atoms with Crippen LogP contribution in [0.25, 0.3) is 11.3 Å². The molecule has 0 bridgehead atoms. The Bertz CT molecular complexity index is 579. The van der Waals surface area contributed by atoms with E-state index in [1.165, 1.54) is 19.2 Å². The molecule has 0 saturated carbocycles. The number of ether oxygens (including phenoxy) is 1. The summed E-state index contributed by atoms with van der Waals surface area (Å²) in [6.45, 7) is 0. The van der Waals surface area contributed by atoms with Crippen LogP contribution in [-0.2, 0) is 0 Å². The van der Waals surface area contributed by atoms with E-state index in [2.05, 4.69) is 4.98 Å². The number of nitrogen functional groups attached to an aromatic ring is 1. The number of benzene rings is 1. The predicted molar refractivity (Wildman–Crippen MR) is 67.6 cm³/mol. The zero-order valence-corrected chi connectivity index (χ0v) is 9.75. The van der Waals surface area contributed by atoms with Gasteiger partial charge >= 0.3 is 5.97 Å². The lowest BCUT2D eigenvalue weighted by Gasteiger charge is -2.06. The standard InChI is InChI=1S/C13H12N2O3/c1-18-11-7-6-10(15-12(11)14)8-2-4-9(5-3-8)13(16)17/h2-7H,1H3,(H2,14,15)(H,16,17). The number of carbonyl (C=O) groups is 1. The number of aromatic nitrogens is 1. The Morgan fingerprint density at radius 2 is 1.89 bits per heavy atom. The van der Waals surface area contributed by atoms with Gasteiger partial charge in [0.15, 0.2) is 11.6 Å². The molecule has 0 unspecified atom stereocenters. The summed E-state index contributed by atoms with van der Waals surface area (Å²) in [5, 5.41) is 8.81. The highest BCUT2D eigenvalue weighted by Gasteiger charge is 2.06. The first-order chi connectivity index (χ1) is 8.61. The Morgan fingerprint density at radius 3 is 2.39 bits per heavy atom. The highest BCUT2D eigenvalue weighted by molar-refractivity contribution is 5.88. The molecule has 3 N–H and O–H groups in total. The molecular weight excluding hydrogens is 232 g/mol. The van der Waals surface area contributed by atoms with Crippen molar-refractivity contribution in [1.29, 1.82) is 0 Å². The number of hydrogen-bond acceptors (Lipinski definition) is 4. The second-order valence-electron chi connectivity index (χ2n) is 3.67. The van der Waals surface area contributed by atoms with Crippen molar-refractivity contribution in [2.45, 2.75) is 0 Å². The molecule has 0 aliphatic carbocycles. The van der Waals surface area contributed by atoms with Gasteiger partial charge in [-0.15, -0.1) is 0 Å². The number of carboxylic acids is 1. The van der Waals surface area contributed by atoms with E-state index in [0.717, 1.165) is 5.56 Å². The normalized spacial score (nSPS) is 10.1. The number of aromatic carboxylic acids is 1. The number of anilines is 1. The van der Waals surface area contributed by atoms with Crippen LogP contribution in [0.3, 0.4) is 0 Å². The van der Waals surface area contributed by atoms with E-state index in [4.69, 9.17) is 15.6 Å². The molecule has 2 rings (SSSR count). The van der Waals surface area contributed by atoms with Crippen molar-refractivity contribution < 1.29 is 14.6 Å². The van der Waals surface area contributed by atoms with Gasteiger partial charge in [-0.25, -0.2) is 9.78 Å². The van der Waals surface area contributed by atoms with Crippen LogP contribution in [0.1, 0.15) is 10.4 Å². The number of rotatable bonds is 3. The number of nitrogens with zero attached hydrogens (tertiary/aromatic N) is 1. The Kier molecular flexibility index (Phi) is 3.14. The molecule has 5 heteroatoms. The van der Waals surface area contributed by atoms with Gasteiger partial charge in [0.25, 0.3) is 0 Å². The zero-order chi connectivity index (χ0) is 13.1. The molecule has 0 radical (unpaired) electrons. The first-order valence-electron chi connectivity index (χ1n) is 5.26. The lowest BCUT2D eigenvalue weighted by atomic mass is 10.1. The average Bonchev–Trinajstić information content (AvgIpc) is 2.38. The fraction of sp³-hybridized carbons (Fsp3) is 0.0769. The van der Waals surface area contributed by atoms with Crippen molar-refractivity contribution in [2.24, 2.45) is 0 Å². The van der Waals surface area contributed by atoms with E-state index < -0.39 is 5.97 Å². The SMILES string of the molecule is COc1ccc(-c2ccc(C(=O)O)cc2)nc1N.